The molecule has 1 saturated carbocycles. The van der Waals surface area contributed by atoms with E-state index in [1.54, 1.807) is 0 Å². The Bertz CT molecular complexity index is 465. The van der Waals surface area contributed by atoms with Gasteiger partial charge in [-0.3, -0.25) is 29.0 Å². The Morgan fingerprint density at radius 2 is 1.00 bits per heavy atom. The summed E-state index contributed by atoms with van der Waals surface area (Å²) in [5.74, 6) is -1.25. The molecule has 0 radical (unpaired) electrons. The van der Waals surface area contributed by atoms with E-state index in [0.29, 0.717) is 19.3 Å². The van der Waals surface area contributed by atoms with Crippen molar-refractivity contribution in [3.05, 3.63) is 24.3 Å². The van der Waals surface area contributed by atoms with Gasteiger partial charge in [0, 0.05) is 36.4 Å². The van der Waals surface area contributed by atoms with Gasteiger partial charge in [-0.15, -0.1) is 0 Å². The molecule has 1 fully saturated rings. The Labute approximate surface area is 109 Å². The number of imide groups is 2. The van der Waals surface area contributed by atoms with Crippen molar-refractivity contribution in [2.45, 2.75) is 31.3 Å². The van der Waals surface area contributed by atoms with Crippen molar-refractivity contribution in [2.75, 3.05) is 0 Å². The SMILES string of the molecule is O=C1C=CC(=O)N1C1CCC(N2C(=O)C=CC2=O)C1. The zero-order valence-corrected chi connectivity index (χ0v) is 10.1. The minimum Gasteiger partial charge on any atom is -0.272 e. The molecule has 6 nitrogen and oxygen atoms in total. The third kappa shape index (κ3) is 1.80. The van der Waals surface area contributed by atoms with E-state index in [9.17, 15) is 19.2 Å². The van der Waals surface area contributed by atoms with Gasteiger partial charge in [-0.05, 0) is 19.3 Å². The summed E-state index contributed by atoms with van der Waals surface area (Å²) in [7, 11) is 0. The van der Waals surface area contributed by atoms with Gasteiger partial charge in [0.2, 0.25) is 0 Å². The van der Waals surface area contributed by atoms with Crippen molar-refractivity contribution in [1.29, 1.82) is 0 Å². The molecule has 2 atom stereocenters. The number of carbonyl (C=O) groups is 4. The normalized spacial score (nSPS) is 30.3. The second-order valence-electron chi connectivity index (χ2n) is 4.88. The predicted molar refractivity (Wildman–Crippen MR) is 63.4 cm³/mol. The van der Waals surface area contributed by atoms with Gasteiger partial charge in [0.15, 0.2) is 0 Å². The summed E-state index contributed by atoms with van der Waals surface area (Å²) in [6.07, 6.45) is 6.74. The summed E-state index contributed by atoms with van der Waals surface area (Å²) in [4.78, 5) is 48.8. The first-order chi connectivity index (χ1) is 9.08. The van der Waals surface area contributed by atoms with E-state index in [2.05, 4.69) is 0 Å². The maximum atomic E-state index is 11.6. The number of rotatable bonds is 2. The Kier molecular flexibility index (Phi) is 2.58. The Morgan fingerprint density at radius 1 is 0.684 bits per heavy atom. The zero-order chi connectivity index (χ0) is 13.6. The van der Waals surface area contributed by atoms with Gasteiger partial charge >= 0.3 is 0 Å². The number of hydrogen-bond donors (Lipinski definition) is 0. The van der Waals surface area contributed by atoms with E-state index >= 15 is 0 Å². The van der Waals surface area contributed by atoms with E-state index in [1.165, 1.54) is 34.1 Å². The van der Waals surface area contributed by atoms with E-state index in [1.807, 2.05) is 0 Å². The Balaban J connectivity index is 1.71. The van der Waals surface area contributed by atoms with Crippen LogP contribution in [0.4, 0.5) is 0 Å². The average Bonchev–Trinajstić information content (AvgIpc) is 3.02. The van der Waals surface area contributed by atoms with Gasteiger partial charge in [0.25, 0.3) is 23.6 Å². The quantitative estimate of drug-likeness (QED) is 0.642. The monoisotopic (exact) mass is 260 g/mol. The highest BCUT2D eigenvalue weighted by molar-refractivity contribution is 6.14. The molecule has 2 aliphatic heterocycles. The molecule has 0 bridgehead atoms. The van der Waals surface area contributed by atoms with Crippen LogP contribution in [0.3, 0.4) is 0 Å². The predicted octanol–water partition coefficient (Wildman–Crippen LogP) is -0.243. The van der Waals surface area contributed by atoms with E-state index in [0.717, 1.165) is 0 Å². The first kappa shape index (κ1) is 11.8. The van der Waals surface area contributed by atoms with Crippen LogP contribution in [0, 0.1) is 0 Å². The molecule has 3 rings (SSSR count). The summed E-state index contributed by atoms with van der Waals surface area (Å²) in [6, 6.07) is -0.442. The van der Waals surface area contributed by atoms with Gasteiger partial charge in [-0.2, -0.15) is 0 Å². The lowest BCUT2D eigenvalue weighted by atomic mass is 10.2. The summed E-state index contributed by atoms with van der Waals surface area (Å²) >= 11 is 0. The van der Waals surface area contributed by atoms with Crippen LogP contribution in [0.5, 0.6) is 0 Å². The minimum atomic E-state index is -0.312. The van der Waals surface area contributed by atoms with Crippen molar-refractivity contribution in [3.8, 4) is 0 Å². The van der Waals surface area contributed by atoms with E-state index in [4.69, 9.17) is 0 Å². The lowest BCUT2D eigenvalue weighted by Crippen LogP contribution is -2.42. The first-order valence-electron chi connectivity index (χ1n) is 6.18. The topological polar surface area (TPSA) is 74.8 Å². The minimum absolute atomic E-state index is 0.221. The standard InChI is InChI=1S/C13H12N2O4/c16-10-3-4-11(17)14(10)8-1-2-9(7-8)15-12(18)5-6-13(15)19/h3-6,8-9H,1-2,7H2. The molecule has 2 unspecified atom stereocenters. The van der Waals surface area contributed by atoms with Gasteiger partial charge < -0.3 is 0 Å². The number of nitrogens with zero attached hydrogens (tertiary/aromatic N) is 2. The van der Waals surface area contributed by atoms with Crippen molar-refractivity contribution in [2.24, 2.45) is 0 Å². The molecule has 98 valence electrons. The largest absolute Gasteiger partial charge is 0.272 e. The molecule has 4 amide bonds. The van der Waals surface area contributed by atoms with Gasteiger partial charge in [0.1, 0.15) is 0 Å². The summed E-state index contributed by atoms with van der Waals surface area (Å²) in [5, 5.41) is 0. The fraction of sp³-hybridized carbons (Fsp3) is 0.385. The second kappa shape index (κ2) is 4.15. The second-order valence-corrected chi connectivity index (χ2v) is 4.88. The van der Waals surface area contributed by atoms with Crippen molar-refractivity contribution >= 4 is 23.6 Å². The average molecular weight is 260 g/mol. The maximum absolute atomic E-state index is 11.6. The van der Waals surface area contributed by atoms with Crippen molar-refractivity contribution in [3.63, 3.8) is 0 Å². The molecule has 3 aliphatic rings. The van der Waals surface area contributed by atoms with E-state index in [-0.39, 0.29) is 35.7 Å². The van der Waals surface area contributed by atoms with Crippen LogP contribution in [0.1, 0.15) is 19.3 Å². The molecule has 0 spiro atoms. The smallest absolute Gasteiger partial charge is 0.253 e. The number of carbonyl (C=O) groups excluding carboxylic acids is 4. The molecule has 0 aromatic rings. The highest BCUT2D eigenvalue weighted by Crippen LogP contribution is 2.31. The van der Waals surface area contributed by atoms with Crippen molar-refractivity contribution < 1.29 is 19.2 Å². The fourth-order valence-corrected chi connectivity index (χ4v) is 2.95. The molecular weight excluding hydrogens is 248 g/mol. The summed E-state index contributed by atoms with van der Waals surface area (Å²) < 4.78 is 0. The molecular formula is C13H12N2O4. The molecule has 19 heavy (non-hydrogen) atoms. The molecule has 0 N–H and O–H groups in total. The Hall–Kier alpha value is -2.24. The van der Waals surface area contributed by atoms with Gasteiger partial charge in [0.05, 0.1) is 0 Å². The molecule has 0 aromatic carbocycles. The van der Waals surface area contributed by atoms with Crippen LogP contribution in [0.15, 0.2) is 24.3 Å². The van der Waals surface area contributed by atoms with Crippen LogP contribution < -0.4 is 0 Å². The van der Waals surface area contributed by atoms with Gasteiger partial charge in [-0.25, -0.2) is 0 Å². The highest BCUT2D eigenvalue weighted by Gasteiger charge is 2.41. The fourth-order valence-electron chi connectivity index (χ4n) is 2.95. The van der Waals surface area contributed by atoms with Crippen LogP contribution >= 0.6 is 0 Å². The van der Waals surface area contributed by atoms with Crippen molar-refractivity contribution in [1.82, 2.24) is 9.80 Å². The lowest BCUT2D eigenvalue weighted by Gasteiger charge is -2.24. The van der Waals surface area contributed by atoms with Crippen LogP contribution in [-0.2, 0) is 19.2 Å². The molecule has 0 aromatic heterocycles. The Morgan fingerprint density at radius 3 is 1.32 bits per heavy atom. The van der Waals surface area contributed by atoms with Crippen LogP contribution in [-0.4, -0.2) is 45.5 Å². The first-order valence-corrected chi connectivity index (χ1v) is 6.18. The highest BCUT2D eigenvalue weighted by atomic mass is 16.2. The van der Waals surface area contributed by atoms with Crippen LogP contribution in [0.2, 0.25) is 0 Å². The van der Waals surface area contributed by atoms with Gasteiger partial charge in [-0.1, -0.05) is 0 Å². The zero-order valence-electron chi connectivity index (χ0n) is 10.1. The molecule has 1 aliphatic carbocycles. The maximum Gasteiger partial charge on any atom is 0.253 e. The third-order valence-corrected chi connectivity index (χ3v) is 3.79. The summed E-state index contributed by atoms with van der Waals surface area (Å²) in [6.45, 7) is 0. The number of hydrogen-bond acceptors (Lipinski definition) is 4. The lowest BCUT2D eigenvalue weighted by molar-refractivity contribution is -0.139. The summed E-state index contributed by atoms with van der Waals surface area (Å²) in [5.41, 5.74) is 0. The molecule has 2 heterocycles. The third-order valence-electron chi connectivity index (χ3n) is 3.79. The van der Waals surface area contributed by atoms with E-state index < -0.39 is 0 Å². The van der Waals surface area contributed by atoms with Crippen LogP contribution in [0.25, 0.3) is 0 Å². The molecule has 0 saturated heterocycles. The number of amides is 4. The molecule has 6 heteroatoms.